The highest BCUT2D eigenvalue weighted by molar-refractivity contribution is 6.61. The first kappa shape index (κ1) is 95.7. The smallest absolute Gasteiger partial charge is 0.469 e. The van der Waals surface area contributed by atoms with E-state index in [4.69, 9.17) is 73.2 Å². The van der Waals surface area contributed by atoms with Gasteiger partial charge < -0.3 is 81.6 Å². The summed E-state index contributed by atoms with van der Waals surface area (Å²) in [6.07, 6.45) is -2.35. The van der Waals surface area contributed by atoms with Gasteiger partial charge in [0.1, 0.15) is 65.5 Å². The first-order valence-corrected chi connectivity index (χ1v) is 35.9. The van der Waals surface area contributed by atoms with E-state index in [9.17, 15) is 93.0 Å². The minimum atomic E-state index is -1.40. The van der Waals surface area contributed by atoms with Gasteiger partial charge in [-0.2, -0.15) is 0 Å². The molecule has 3 aromatic carbocycles. The maximum atomic E-state index is 13.0. The summed E-state index contributed by atoms with van der Waals surface area (Å²) in [7, 11) is 4.98. The largest absolute Gasteiger partial charge is 0.513 e. The molecule has 43 heteroatoms. The molecule has 5 amide bonds. The summed E-state index contributed by atoms with van der Waals surface area (Å²) >= 11 is 4.92. The molecule has 636 valence electrons. The number of nitrogens with one attached hydrogen (secondary N) is 1. The number of nitrogens with zero attached hydrogens (tertiary/aromatic N) is 8. The van der Waals surface area contributed by atoms with Crippen molar-refractivity contribution in [3.8, 4) is 17.2 Å². The van der Waals surface area contributed by atoms with Gasteiger partial charge in [-0.1, -0.05) is 0 Å². The number of esters is 4. The van der Waals surface area contributed by atoms with E-state index in [-0.39, 0.29) is 109 Å². The van der Waals surface area contributed by atoms with E-state index < -0.39 is 129 Å². The van der Waals surface area contributed by atoms with Crippen molar-refractivity contribution in [2.75, 3.05) is 94.1 Å². The quantitative estimate of drug-likeness (QED) is 0.0357. The Kier molecular flexibility index (Phi) is 36.2. The first-order chi connectivity index (χ1) is 53.7. The topological polar surface area (TPSA) is 512 Å². The van der Waals surface area contributed by atoms with Gasteiger partial charge in [-0.3, -0.25) is 59.5 Å². The van der Waals surface area contributed by atoms with Crippen molar-refractivity contribution in [2.24, 2.45) is 11.8 Å². The van der Waals surface area contributed by atoms with Crippen molar-refractivity contribution in [2.45, 2.75) is 167 Å². The number of piperazine rings is 2. The van der Waals surface area contributed by atoms with Crippen LogP contribution in [0.15, 0.2) is 72.8 Å². The molecule has 8 rings (SSSR count). The van der Waals surface area contributed by atoms with Crippen LogP contribution >= 0.6 is 11.6 Å². The van der Waals surface area contributed by atoms with E-state index in [1.807, 2.05) is 0 Å². The minimum absolute atomic E-state index is 0.0341. The Labute approximate surface area is 665 Å². The number of piperidine rings is 2. The lowest BCUT2D eigenvalue weighted by Gasteiger charge is -2.45. The number of aliphatic hydroxyl groups excluding tert-OH is 1. The fourth-order valence-corrected chi connectivity index (χ4v) is 11.5. The highest BCUT2D eigenvalue weighted by Gasteiger charge is 2.51. The van der Waals surface area contributed by atoms with Crippen LogP contribution in [0.4, 0.5) is 55.4 Å². The summed E-state index contributed by atoms with van der Waals surface area (Å²) in [5.74, 6) is -2.52. The molecule has 5 aliphatic heterocycles. The number of nitro groups is 3. The van der Waals surface area contributed by atoms with Crippen LogP contribution in [0.5, 0.6) is 17.2 Å². The Bertz CT molecular complexity index is 3880. The summed E-state index contributed by atoms with van der Waals surface area (Å²) in [6, 6.07) is 9.48. The molecule has 0 saturated carbocycles. The van der Waals surface area contributed by atoms with Crippen LogP contribution in [0, 0.1) is 42.2 Å². The summed E-state index contributed by atoms with van der Waals surface area (Å²) in [4.78, 5) is 181. The molecule has 5 fully saturated rings. The summed E-state index contributed by atoms with van der Waals surface area (Å²) in [6.45, 7) is 20.8. The van der Waals surface area contributed by atoms with Crippen LogP contribution in [0.1, 0.15) is 109 Å². The van der Waals surface area contributed by atoms with E-state index in [2.05, 4.69) is 10.1 Å². The number of amides is 5. The second-order valence-corrected chi connectivity index (χ2v) is 29.6. The number of cyclic esters (lactones) is 1. The average Bonchev–Trinajstić information content (AvgIpc) is 1.72. The molecule has 5 heterocycles. The fourth-order valence-electron chi connectivity index (χ4n) is 11.4. The van der Waals surface area contributed by atoms with Crippen molar-refractivity contribution in [3.63, 3.8) is 0 Å². The summed E-state index contributed by atoms with van der Waals surface area (Å²) < 4.78 is 70.2. The van der Waals surface area contributed by atoms with Crippen LogP contribution in [0.25, 0.3) is 0 Å². The van der Waals surface area contributed by atoms with Crippen molar-refractivity contribution in [3.05, 3.63) is 103 Å². The predicted molar refractivity (Wildman–Crippen MR) is 396 cm³/mol. The highest BCUT2D eigenvalue weighted by atomic mass is 35.5. The number of fused-ring (bicyclic) bond motifs is 1. The Hall–Kier alpha value is -11.7. The normalized spacial score (nSPS) is 19.7. The van der Waals surface area contributed by atoms with Crippen LogP contribution < -0.4 is 19.5 Å². The van der Waals surface area contributed by atoms with E-state index in [1.165, 1.54) is 96.7 Å². The highest BCUT2D eigenvalue weighted by Crippen LogP contribution is 2.32. The van der Waals surface area contributed by atoms with Crippen LogP contribution in [0.2, 0.25) is 0 Å². The number of ether oxygens (including phenoxy) is 14. The number of carbonyl (C=O) groups is 12. The number of nitro benzene ring substituents is 3. The van der Waals surface area contributed by atoms with E-state index in [0.29, 0.717) is 19.6 Å². The summed E-state index contributed by atoms with van der Waals surface area (Å²) in [5, 5.41) is 44.5. The predicted octanol–water partition coefficient (Wildman–Crippen LogP) is 9.26. The lowest BCUT2D eigenvalue weighted by Crippen LogP contribution is -2.67. The molecule has 5 saturated heterocycles. The second kappa shape index (κ2) is 43.5. The molecule has 115 heavy (non-hydrogen) atoms. The van der Waals surface area contributed by atoms with Gasteiger partial charge in [0.2, 0.25) is 0 Å². The zero-order valence-electron chi connectivity index (χ0n) is 66.4. The van der Waals surface area contributed by atoms with Crippen LogP contribution in [-0.4, -0.2) is 269 Å². The fraction of sp³-hybridized carbons (Fsp3) is 0.583. The molecule has 0 bridgehead atoms. The zero-order chi connectivity index (χ0) is 86.6. The van der Waals surface area contributed by atoms with Crippen LogP contribution in [-0.2, 0) is 71.3 Å². The molecule has 0 aliphatic carbocycles. The number of aliphatic hydroxyl groups is 1. The molecular weight excluding hydrogens is 1550 g/mol. The molecule has 2 N–H and O–H groups in total. The minimum Gasteiger partial charge on any atom is -0.469 e. The monoisotopic (exact) mass is 1650 g/mol. The molecule has 8 atom stereocenters. The molecule has 0 aromatic heterocycles. The molecule has 5 aliphatic rings. The molecular formula is C72H98ClN9O33. The first-order valence-electron chi connectivity index (χ1n) is 35.5. The standard InChI is InChI=1S/C24H33N3O11.C17H30N2O7.C15H18N2O7.C9H13NO4.C7H4ClNO4/c1-23(2,3)37-20(29)25-12-13-26(21(30)38-24(4,5)6)18(19(28)34-7)17(25)14-35-22(31)36-16-10-8-15(9-11-16)27(32)33;1-16(2,3)25-14(22)18-8-9-19(15(23)26-17(4,5)6)12(11(18)10-20)13(21)24-7;1-22-14(18)12-3-2-8-16-13(12)9-23-15(19)24-11-6-4-10(5-7-11)17(20)21;1-13-8(11)6-3-2-4-10-7(6)5-14-9(10)12;8-7(10)13-6-3-1-5(2-4-6)9(11)12/h8-11,17-18H,12-14H2,1-7H3;11-12,20H,8-10H2,1-7H3;4-7,12-13,16H,2-3,8-9H2,1H3;6-7H,2-5H2,1H3;1-4H/t17-,18+;11-,12+;12-,13+;6-,7?;/m0011./s1. The third kappa shape index (κ3) is 31.0. The molecule has 1 unspecified atom stereocenters. The van der Waals surface area contributed by atoms with E-state index >= 15 is 0 Å². The number of hydrogen-bond donors (Lipinski definition) is 2. The maximum absolute atomic E-state index is 13.0. The van der Waals surface area contributed by atoms with Crippen molar-refractivity contribution >= 4 is 101 Å². The van der Waals surface area contributed by atoms with Gasteiger partial charge >= 0.3 is 72.1 Å². The van der Waals surface area contributed by atoms with Crippen molar-refractivity contribution in [1.29, 1.82) is 0 Å². The average molecular weight is 1650 g/mol. The third-order valence-corrected chi connectivity index (χ3v) is 16.5. The Morgan fingerprint density at radius 3 is 1.18 bits per heavy atom. The number of hydrogen-bond acceptors (Lipinski definition) is 34. The Balaban J connectivity index is 0.000000318. The third-order valence-electron chi connectivity index (χ3n) is 16.4. The van der Waals surface area contributed by atoms with Crippen molar-refractivity contribution in [1.82, 2.24) is 29.8 Å². The van der Waals surface area contributed by atoms with Gasteiger partial charge in [0.15, 0.2) is 12.1 Å². The number of methoxy groups -OCH3 is 4. The number of benzene rings is 3. The summed E-state index contributed by atoms with van der Waals surface area (Å²) in [5.41, 5.74) is -4.61. The van der Waals surface area contributed by atoms with Gasteiger partial charge in [-0.25, -0.2) is 47.9 Å². The Morgan fingerprint density at radius 1 is 0.478 bits per heavy atom. The number of halogens is 1. The van der Waals surface area contributed by atoms with Gasteiger partial charge in [0, 0.05) is 80.7 Å². The molecule has 42 nitrogen and oxygen atoms in total. The lowest BCUT2D eigenvalue weighted by molar-refractivity contribution is -0.385. The van der Waals surface area contributed by atoms with Gasteiger partial charge in [0.05, 0.1) is 79.8 Å². The number of non-ortho nitro benzene ring substituents is 3. The number of carbonyl (C=O) groups excluding carboxylic acids is 12. The van der Waals surface area contributed by atoms with Crippen molar-refractivity contribution < 1.29 is 144 Å². The SMILES string of the molecule is COC(=O)[C@@H]1CCCN2C(=O)OCC12.COC(=O)[C@@H]1CCCN[C@H]1COC(=O)Oc1ccc([N+](=O)[O-])cc1.COC(=O)[C@H]1[C@H](CO)N(C(=O)OC(C)(C)C)CCN1C(=O)OC(C)(C)C.COC(=O)[C@H]1[C@H](COC(=O)Oc2ccc([N+](=O)[O-])cc2)N(C(=O)OC(C)(C)C)CCN1C(=O)OC(C)(C)C.O=C(Cl)Oc1ccc([N+](=O)[O-])cc1. The molecule has 0 spiro atoms. The zero-order valence-corrected chi connectivity index (χ0v) is 67.2. The van der Waals surface area contributed by atoms with Crippen LogP contribution in [0.3, 0.4) is 0 Å². The lowest BCUT2D eigenvalue weighted by atomic mass is 9.90. The van der Waals surface area contributed by atoms with Gasteiger partial charge in [0.25, 0.3) is 17.1 Å². The van der Waals surface area contributed by atoms with E-state index in [0.717, 1.165) is 49.9 Å². The molecule has 3 aromatic rings. The number of rotatable bonds is 15. The van der Waals surface area contributed by atoms with Gasteiger partial charge in [-0.15, -0.1) is 0 Å². The second-order valence-electron chi connectivity index (χ2n) is 29.3. The maximum Gasteiger partial charge on any atom is 0.513 e. The molecule has 0 radical (unpaired) electrons. The van der Waals surface area contributed by atoms with E-state index in [1.54, 1.807) is 88.0 Å². The van der Waals surface area contributed by atoms with Gasteiger partial charge in [-0.05, 0) is 152 Å². The Morgan fingerprint density at radius 2 is 0.817 bits per heavy atom.